The molecular weight excluding hydrogens is 208 g/mol. The Bertz CT molecular complexity index is 316. The van der Waals surface area contributed by atoms with Gasteiger partial charge in [-0.3, -0.25) is 4.79 Å². The van der Waals surface area contributed by atoms with Crippen LogP contribution in [-0.4, -0.2) is 24.1 Å². The molecule has 0 saturated carbocycles. The van der Waals surface area contributed by atoms with Gasteiger partial charge in [0, 0.05) is 6.54 Å². The third-order valence-corrected chi connectivity index (χ3v) is 2.12. The van der Waals surface area contributed by atoms with Gasteiger partial charge in [0.2, 0.25) is 0 Å². The summed E-state index contributed by atoms with van der Waals surface area (Å²) in [4.78, 5) is 11.4. The molecule has 5 nitrogen and oxygen atoms in total. The molecule has 0 spiro atoms. The predicted octanol–water partition coefficient (Wildman–Crippen LogP) is 0.314. The van der Waals surface area contributed by atoms with E-state index in [1.807, 2.05) is 6.07 Å². The van der Waals surface area contributed by atoms with Gasteiger partial charge in [-0.15, -0.1) is 0 Å². The van der Waals surface area contributed by atoms with Crippen molar-refractivity contribution < 1.29 is 9.90 Å². The fourth-order valence-corrected chi connectivity index (χ4v) is 1.26. The van der Waals surface area contributed by atoms with Crippen LogP contribution in [0.5, 0.6) is 0 Å². The second kappa shape index (κ2) is 6.95. The van der Waals surface area contributed by atoms with E-state index in [1.54, 1.807) is 29.7 Å². The van der Waals surface area contributed by atoms with Gasteiger partial charge >= 0.3 is 0 Å². The number of amides is 1. The van der Waals surface area contributed by atoms with Crippen molar-refractivity contribution in [1.82, 2.24) is 10.8 Å². The smallest absolute Gasteiger partial charge is 0.253 e. The minimum atomic E-state index is -1.15. The Kier molecular flexibility index (Phi) is 5.49. The Morgan fingerprint density at radius 1 is 1.31 bits per heavy atom. The third kappa shape index (κ3) is 3.98. The van der Waals surface area contributed by atoms with Crippen molar-refractivity contribution in [3.63, 3.8) is 0 Å². The molecule has 88 valence electrons. The minimum Gasteiger partial charge on any atom is -0.788 e. The number of hydrogen-bond acceptors (Lipinski definition) is 4. The maximum absolute atomic E-state index is 11.4. The summed E-state index contributed by atoms with van der Waals surface area (Å²) >= 11 is 0. The van der Waals surface area contributed by atoms with Gasteiger partial charge in [-0.1, -0.05) is 30.3 Å². The summed E-state index contributed by atoms with van der Waals surface area (Å²) in [5.74, 6) is -0.447. The monoisotopic (exact) mass is 223 g/mol. The van der Waals surface area contributed by atoms with Crippen molar-refractivity contribution in [2.75, 3.05) is 13.1 Å². The summed E-state index contributed by atoms with van der Waals surface area (Å²) in [6, 6.07) is 8.70. The molecule has 0 aliphatic rings. The first kappa shape index (κ1) is 12.6. The highest BCUT2D eigenvalue weighted by atomic mass is 16.5. The summed E-state index contributed by atoms with van der Waals surface area (Å²) < 4.78 is 0. The molecule has 0 aliphatic carbocycles. The van der Waals surface area contributed by atoms with Crippen LogP contribution in [0.3, 0.4) is 0 Å². The highest BCUT2D eigenvalue weighted by Crippen LogP contribution is 2.11. The zero-order chi connectivity index (χ0) is 11.8. The first-order chi connectivity index (χ1) is 7.75. The fraction of sp³-hybridized carbons (Fsp3) is 0.364. The van der Waals surface area contributed by atoms with E-state index < -0.39 is 12.0 Å². The summed E-state index contributed by atoms with van der Waals surface area (Å²) in [7, 11) is 0. The molecule has 0 heterocycles. The number of hydroxylamine groups is 1. The Labute approximate surface area is 94.1 Å². The SMILES string of the molecule is O=C(NCCCN[O-])C(O)c1ccccc1. The molecule has 0 bridgehead atoms. The van der Waals surface area contributed by atoms with E-state index in [0.717, 1.165) is 0 Å². The predicted molar refractivity (Wildman–Crippen MR) is 60.4 cm³/mol. The number of carbonyl (C=O) groups is 1. The molecule has 0 radical (unpaired) electrons. The van der Waals surface area contributed by atoms with Gasteiger partial charge in [-0.2, -0.15) is 0 Å². The molecular formula is C11H15N2O3-. The Balaban J connectivity index is 2.37. The Hall–Kier alpha value is -1.43. The largest absolute Gasteiger partial charge is 0.788 e. The van der Waals surface area contributed by atoms with Crippen LogP contribution in [0.4, 0.5) is 0 Å². The number of aliphatic hydroxyl groups is 1. The van der Waals surface area contributed by atoms with E-state index in [0.29, 0.717) is 25.1 Å². The molecule has 1 atom stereocenters. The van der Waals surface area contributed by atoms with E-state index in [-0.39, 0.29) is 0 Å². The molecule has 0 fully saturated rings. The van der Waals surface area contributed by atoms with Crippen LogP contribution < -0.4 is 10.8 Å². The van der Waals surface area contributed by atoms with E-state index in [4.69, 9.17) is 0 Å². The highest BCUT2D eigenvalue weighted by molar-refractivity contribution is 5.81. The second-order valence-electron chi connectivity index (χ2n) is 3.35. The average Bonchev–Trinajstić information content (AvgIpc) is 2.34. The van der Waals surface area contributed by atoms with Crippen molar-refractivity contribution in [3.05, 3.63) is 41.1 Å². The number of aliphatic hydroxyl groups excluding tert-OH is 1. The van der Waals surface area contributed by atoms with Crippen molar-refractivity contribution in [2.45, 2.75) is 12.5 Å². The zero-order valence-corrected chi connectivity index (χ0v) is 8.85. The minimum absolute atomic E-state index is 0.293. The lowest BCUT2D eigenvalue weighted by molar-refractivity contribution is -0.129. The van der Waals surface area contributed by atoms with Gasteiger partial charge < -0.3 is 21.1 Å². The van der Waals surface area contributed by atoms with Gasteiger partial charge in [0.05, 0.1) is 0 Å². The molecule has 0 saturated heterocycles. The number of hydrogen-bond donors (Lipinski definition) is 3. The normalized spacial score (nSPS) is 12.1. The maximum atomic E-state index is 11.4. The van der Waals surface area contributed by atoms with E-state index >= 15 is 0 Å². The molecule has 16 heavy (non-hydrogen) atoms. The standard InChI is InChI=1S/C11H15N2O3/c14-10(9-5-2-1-3-6-9)11(15)12-7-4-8-13-16/h1-3,5-6,10,13-14H,4,7-8H2,(H,12,15)/q-1. The van der Waals surface area contributed by atoms with Crippen LogP contribution in [0, 0.1) is 5.21 Å². The average molecular weight is 223 g/mol. The molecule has 1 unspecified atom stereocenters. The van der Waals surface area contributed by atoms with Gasteiger partial charge in [0.15, 0.2) is 6.10 Å². The van der Waals surface area contributed by atoms with E-state index in [2.05, 4.69) is 5.32 Å². The van der Waals surface area contributed by atoms with Crippen molar-refractivity contribution in [1.29, 1.82) is 0 Å². The molecule has 1 aromatic carbocycles. The maximum Gasteiger partial charge on any atom is 0.253 e. The first-order valence-electron chi connectivity index (χ1n) is 5.11. The highest BCUT2D eigenvalue weighted by Gasteiger charge is 2.15. The van der Waals surface area contributed by atoms with Crippen molar-refractivity contribution in [3.8, 4) is 0 Å². The van der Waals surface area contributed by atoms with Gasteiger partial charge in [-0.05, 0) is 18.5 Å². The molecule has 0 aromatic heterocycles. The number of carbonyl (C=O) groups excluding carboxylic acids is 1. The van der Waals surface area contributed by atoms with Crippen LogP contribution in [0.15, 0.2) is 30.3 Å². The van der Waals surface area contributed by atoms with Crippen molar-refractivity contribution >= 4 is 5.91 Å². The van der Waals surface area contributed by atoms with Crippen molar-refractivity contribution in [2.24, 2.45) is 0 Å². The summed E-state index contributed by atoms with van der Waals surface area (Å²) in [6.45, 7) is 0.666. The van der Waals surface area contributed by atoms with Crippen LogP contribution in [0.2, 0.25) is 0 Å². The summed E-state index contributed by atoms with van der Waals surface area (Å²) in [6.07, 6.45) is -0.613. The summed E-state index contributed by atoms with van der Waals surface area (Å²) in [5, 5.41) is 22.1. The second-order valence-corrected chi connectivity index (χ2v) is 3.35. The van der Waals surface area contributed by atoms with Crippen LogP contribution in [0.1, 0.15) is 18.1 Å². The van der Waals surface area contributed by atoms with Gasteiger partial charge in [0.1, 0.15) is 0 Å². The lowest BCUT2D eigenvalue weighted by Gasteiger charge is -2.12. The molecule has 3 N–H and O–H groups in total. The van der Waals surface area contributed by atoms with Gasteiger partial charge in [-0.25, -0.2) is 0 Å². The molecule has 5 heteroatoms. The van der Waals surface area contributed by atoms with Crippen LogP contribution >= 0.6 is 0 Å². The Morgan fingerprint density at radius 2 is 2.00 bits per heavy atom. The third-order valence-electron chi connectivity index (χ3n) is 2.12. The fourth-order valence-electron chi connectivity index (χ4n) is 1.26. The lowest BCUT2D eigenvalue weighted by Crippen LogP contribution is -2.31. The molecule has 1 rings (SSSR count). The van der Waals surface area contributed by atoms with E-state index in [9.17, 15) is 15.1 Å². The summed E-state index contributed by atoms with van der Waals surface area (Å²) in [5.41, 5.74) is 2.30. The van der Waals surface area contributed by atoms with E-state index in [1.165, 1.54) is 0 Å². The number of nitrogens with one attached hydrogen (secondary N) is 2. The zero-order valence-electron chi connectivity index (χ0n) is 8.85. The number of benzene rings is 1. The Morgan fingerprint density at radius 3 is 2.62 bits per heavy atom. The topological polar surface area (TPSA) is 84.4 Å². The molecule has 0 aliphatic heterocycles. The van der Waals surface area contributed by atoms with Crippen LogP contribution in [-0.2, 0) is 4.79 Å². The van der Waals surface area contributed by atoms with Crippen LogP contribution in [0.25, 0.3) is 0 Å². The molecule has 1 amide bonds. The number of rotatable bonds is 6. The van der Waals surface area contributed by atoms with Gasteiger partial charge in [0.25, 0.3) is 5.91 Å². The first-order valence-corrected chi connectivity index (χ1v) is 5.11. The quantitative estimate of drug-likeness (QED) is 0.479. The lowest BCUT2D eigenvalue weighted by atomic mass is 10.1. The molecule has 1 aromatic rings.